The molecule has 4 aromatic rings. The van der Waals surface area contributed by atoms with Gasteiger partial charge in [-0.15, -0.1) is 0 Å². The zero-order chi connectivity index (χ0) is 27.8. The number of fused-ring (bicyclic) bond motifs is 2. The number of Topliss-reactive ketones (excluding diaryl/α,β-unsaturated/α-hetero) is 1. The molecule has 2 aliphatic heterocycles. The zero-order valence-corrected chi connectivity index (χ0v) is 22.7. The molecule has 0 unspecified atom stereocenters. The molecule has 3 heterocycles. The monoisotopic (exact) mass is 558 g/mol. The largest absolute Gasteiger partial charge is 0.507 e. The van der Waals surface area contributed by atoms with Crippen molar-refractivity contribution in [3.63, 3.8) is 0 Å². The summed E-state index contributed by atoms with van der Waals surface area (Å²) in [6, 6.07) is 16.6. The van der Waals surface area contributed by atoms with Crippen molar-refractivity contribution in [2.75, 3.05) is 31.3 Å². The van der Waals surface area contributed by atoms with Crippen LogP contribution in [0.2, 0.25) is 0 Å². The first kappa shape index (κ1) is 25.7. The van der Waals surface area contributed by atoms with Crippen LogP contribution in [0.4, 0.5) is 5.13 Å². The Labute approximate surface area is 234 Å². The quantitative estimate of drug-likeness (QED) is 0.180. The van der Waals surface area contributed by atoms with Gasteiger partial charge in [0.1, 0.15) is 30.5 Å². The van der Waals surface area contributed by atoms with E-state index in [1.807, 2.05) is 32.0 Å². The molecule has 1 amide bonds. The summed E-state index contributed by atoms with van der Waals surface area (Å²) in [5.74, 6) is 0.357. The number of aliphatic hydroxyl groups excluding tert-OH is 1. The molecular formula is C30H26N2O7S. The summed E-state index contributed by atoms with van der Waals surface area (Å²) < 4.78 is 23.4. The van der Waals surface area contributed by atoms with Crippen LogP contribution in [-0.2, 0) is 9.59 Å². The Kier molecular flexibility index (Phi) is 6.77. The average Bonchev–Trinajstić information content (AvgIpc) is 3.50. The first-order valence-electron chi connectivity index (χ1n) is 13.0. The van der Waals surface area contributed by atoms with E-state index in [-0.39, 0.29) is 11.3 Å². The van der Waals surface area contributed by atoms with Crippen molar-refractivity contribution < 1.29 is 33.6 Å². The highest BCUT2D eigenvalue weighted by molar-refractivity contribution is 7.22. The molecule has 0 aliphatic carbocycles. The van der Waals surface area contributed by atoms with Crippen molar-refractivity contribution >= 4 is 44.1 Å². The van der Waals surface area contributed by atoms with E-state index in [2.05, 4.69) is 4.98 Å². The summed E-state index contributed by atoms with van der Waals surface area (Å²) in [6.07, 6.45) is 0. The highest BCUT2D eigenvalue weighted by Crippen LogP contribution is 2.46. The first-order valence-corrected chi connectivity index (χ1v) is 13.8. The van der Waals surface area contributed by atoms with E-state index in [9.17, 15) is 14.7 Å². The molecular weight excluding hydrogens is 532 g/mol. The third-order valence-electron chi connectivity index (χ3n) is 6.61. The van der Waals surface area contributed by atoms with Gasteiger partial charge in [0, 0.05) is 5.56 Å². The molecule has 9 nitrogen and oxygen atoms in total. The predicted octanol–water partition coefficient (Wildman–Crippen LogP) is 5.49. The number of rotatable bonds is 7. The molecule has 40 heavy (non-hydrogen) atoms. The van der Waals surface area contributed by atoms with Crippen LogP contribution in [0.25, 0.3) is 16.0 Å². The minimum Gasteiger partial charge on any atom is -0.507 e. The molecule has 1 atom stereocenters. The Morgan fingerprint density at radius 3 is 2.50 bits per heavy atom. The lowest BCUT2D eigenvalue weighted by Gasteiger charge is -2.23. The fourth-order valence-corrected chi connectivity index (χ4v) is 5.91. The summed E-state index contributed by atoms with van der Waals surface area (Å²) in [5, 5.41) is 11.9. The van der Waals surface area contributed by atoms with E-state index in [0.29, 0.717) is 71.2 Å². The van der Waals surface area contributed by atoms with E-state index in [4.69, 9.17) is 18.9 Å². The summed E-state index contributed by atoms with van der Waals surface area (Å²) >= 11 is 1.27. The summed E-state index contributed by atoms with van der Waals surface area (Å²) in [6.45, 7) is 5.53. The Bertz CT molecular complexity index is 1660. The predicted molar refractivity (Wildman–Crippen MR) is 151 cm³/mol. The number of aromatic nitrogens is 1. The van der Waals surface area contributed by atoms with Gasteiger partial charge in [0.05, 0.1) is 35.0 Å². The molecule has 10 heteroatoms. The number of carbonyl (C=O) groups excluding carboxylic acids is 2. The summed E-state index contributed by atoms with van der Waals surface area (Å²) in [7, 11) is 0. The number of benzene rings is 3. The SMILES string of the molecule is CCOc1cccc([C@@H]2/C(=C(\O)c3ccc4c(c3)OCCO4)C(=O)C(=O)N2c2nc3ccc(OCC)cc3s2)c1. The minimum atomic E-state index is -0.944. The Balaban J connectivity index is 1.51. The lowest BCUT2D eigenvalue weighted by Crippen LogP contribution is -2.29. The molecule has 0 bridgehead atoms. The van der Waals surface area contributed by atoms with Crippen LogP contribution in [0.5, 0.6) is 23.0 Å². The van der Waals surface area contributed by atoms with Crippen LogP contribution in [0, 0.1) is 0 Å². The fourth-order valence-electron chi connectivity index (χ4n) is 4.88. The number of hydrogen-bond acceptors (Lipinski definition) is 9. The van der Waals surface area contributed by atoms with Gasteiger partial charge in [-0.2, -0.15) is 0 Å². The van der Waals surface area contributed by atoms with Crippen LogP contribution < -0.4 is 23.8 Å². The molecule has 1 aromatic heterocycles. The first-order chi connectivity index (χ1) is 19.5. The number of anilines is 1. The van der Waals surface area contributed by atoms with Crippen molar-refractivity contribution in [1.82, 2.24) is 4.98 Å². The highest BCUT2D eigenvalue weighted by atomic mass is 32.1. The van der Waals surface area contributed by atoms with Crippen molar-refractivity contribution in [1.29, 1.82) is 0 Å². The molecule has 6 rings (SSSR count). The highest BCUT2D eigenvalue weighted by Gasteiger charge is 2.48. The topological polar surface area (TPSA) is 107 Å². The van der Waals surface area contributed by atoms with E-state index in [1.165, 1.54) is 16.2 Å². The second-order valence-electron chi connectivity index (χ2n) is 9.09. The molecule has 2 aliphatic rings. The second kappa shape index (κ2) is 10.5. The van der Waals surface area contributed by atoms with Gasteiger partial charge < -0.3 is 24.1 Å². The zero-order valence-electron chi connectivity index (χ0n) is 21.9. The van der Waals surface area contributed by atoms with E-state index < -0.39 is 17.7 Å². The van der Waals surface area contributed by atoms with Gasteiger partial charge in [-0.25, -0.2) is 4.98 Å². The lowest BCUT2D eigenvalue weighted by atomic mass is 9.95. The number of aliphatic hydroxyl groups is 1. The average molecular weight is 559 g/mol. The van der Waals surface area contributed by atoms with Gasteiger partial charge in [-0.05, 0) is 67.9 Å². The fraction of sp³-hybridized carbons (Fsp3) is 0.233. The van der Waals surface area contributed by atoms with Gasteiger partial charge in [0.2, 0.25) is 0 Å². The summed E-state index contributed by atoms with van der Waals surface area (Å²) in [4.78, 5) is 33.3. The molecule has 0 spiro atoms. The molecule has 3 aromatic carbocycles. The summed E-state index contributed by atoms with van der Waals surface area (Å²) in [5.41, 5.74) is 1.54. The van der Waals surface area contributed by atoms with E-state index in [0.717, 1.165) is 4.70 Å². The van der Waals surface area contributed by atoms with E-state index in [1.54, 1.807) is 42.5 Å². The minimum absolute atomic E-state index is 0.0513. The smallest absolute Gasteiger partial charge is 0.301 e. The Hall–Kier alpha value is -4.57. The van der Waals surface area contributed by atoms with Crippen molar-refractivity contribution in [3.8, 4) is 23.0 Å². The molecule has 204 valence electrons. The number of ketones is 1. The van der Waals surface area contributed by atoms with Crippen LogP contribution in [0.1, 0.15) is 31.0 Å². The van der Waals surface area contributed by atoms with Gasteiger partial charge in [-0.1, -0.05) is 23.5 Å². The third kappa shape index (κ3) is 4.50. The van der Waals surface area contributed by atoms with Crippen LogP contribution in [0.3, 0.4) is 0 Å². The number of thiazole rings is 1. The van der Waals surface area contributed by atoms with Crippen molar-refractivity contribution in [2.24, 2.45) is 0 Å². The maximum absolute atomic E-state index is 13.6. The second-order valence-corrected chi connectivity index (χ2v) is 10.1. The van der Waals surface area contributed by atoms with Crippen molar-refractivity contribution in [2.45, 2.75) is 19.9 Å². The van der Waals surface area contributed by atoms with Gasteiger partial charge in [0.25, 0.3) is 5.78 Å². The molecule has 1 fully saturated rings. The van der Waals surface area contributed by atoms with Gasteiger partial charge in [0.15, 0.2) is 16.6 Å². The van der Waals surface area contributed by atoms with Gasteiger partial charge in [-0.3, -0.25) is 14.5 Å². The number of ether oxygens (including phenoxy) is 4. The Morgan fingerprint density at radius 2 is 1.73 bits per heavy atom. The van der Waals surface area contributed by atoms with Crippen LogP contribution in [-0.4, -0.2) is 48.2 Å². The Morgan fingerprint density at radius 1 is 0.975 bits per heavy atom. The van der Waals surface area contributed by atoms with Crippen LogP contribution >= 0.6 is 11.3 Å². The molecule has 0 saturated carbocycles. The molecule has 1 N–H and O–H groups in total. The van der Waals surface area contributed by atoms with Crippen LogP contribution in [0.15, 0.2) is 66.2 Å². The normalized spacial score (nSPS) is 17.9. The maximum Gasteiger partial charge on any atom is 0.301 e. The number of amides is 1. The number of hydrogen-bond donors (Lipinski definition) is 1. The number of nitrogens with zero attached hydrogens (tertiary/aromatic N) is 2. The van der Waals surface area contributed by atoms with Crippen molar-refractivity contribution in [3.05, 3.63) is 77.4 Å². The molecule has 1 saturated heterocycles. The third-order valence-corrected chi connectivity index (χ3v) is 7.63. The van der Waals surface area contributed by atoms with E-state index >= 15 is 0 Å². The maximum atomic E-state index is 13.6. The van der Waals surface area contributed by atoms with Gasteiger partial charge >= 0.3 is 5.91 Å². The standard InChI is InChI=1S/C30H26N2O7S/c1-3-36-19-7-5-6-17(14-19)26-25(27(33)18-8-11-22-23(15-18)39-13-12-38-22)28(34)29(35)32(26)30-31-21-10-9-20(37-4-2)16-24(21)40-30/h5-11,14-16,26,33H,3-4,12-13H2,1-2H3/b27-25+/t26-/m1/s1. The number of carbonyl (C=O) groups is 2. The molecule has 0 radical (unpaired) electrons. The lowest BCUT2D eigenvalue weighted by molar-refractivity contribution is -0.132.